The van der Waals surface area contributed by atoms with Crippen LogP contribution in [-0.2, 0) is 16.1 Å². The van der Waals surface area contributed by atoms with Crippen molar-refractivity contribution in [2.24, 2.45) is 0 Å². The lowest BCUT2D eigenvalue weighted by Crippen LogP contribution is -2.30. The minimum atomic E-state index is -0.492. The highest BCUT2D eigenvalue weighted by Crippen LogP contribution is 2.12. The van der Waals surface area contributed by atoms with Crippen LogP contribution in [0.5, 0.6) is 0 Å². The molecule has 1 N–H and O–H groups in total. The average molecular weight is 312 g/mol. The van der Waals surface area contributed by atoms with Crippen molar-refractivity contribution in [1.29, 1.82) is 0 Å². The fraction of sp³-hybridized carbons (Fsp3) is 0.421. The molecule has 0 unspecified atom stereocenters. The van der Waals surface area contributed by atoms with E-state index in [1.54, 1.807) is 6.20 Å². The predicted molar refractivity (Wildman–Crippen MR) is 92.0 cm³/mol. The first-order valence-corrected chi connectivity index (χ1v) is 8.35. The van der Waals surface area contributed by atoms with Crippen molar-refractivity contribution in [3.05, 3.63) is 42.1 Å². The van der Waals surface area contributed by atoms with Crippen LogP contribution in [0.4, 0.5) is 0 Å². The zero-order chi connectivity index (χ0) is 16.5. The molecule has 0 aliphatic heterocycles. The summed E-state index contributed by atoms with van der Waals surface area (Å²) in [6.45, 7) is 2.48. The zero-order valence-corrected chi connectivity index (χ0v) is 13.7. The van der Waals surface area contributed by atoms with E-state index in [-0.39, 0.29) is 5.78 Å². The van der Waals surface area contributed by atoms with Crippen LogP contribution < -0.4 is 5.32 Å². The fourth-order valence-electron chi connectivity index (χ4n) is 2.50. The number of fused-ring (bicyclic) bond motifs is 1. The lowest BCUT2D eigenvalue weighted by atomic mass is 10.1. The molecule has 1 heterocycles. The molecule has 1 aromatic carbocycles. The second-order valence-electron chi connectivity index (χ2n) is 5.81. The van der Waals surface area contributed by atoms with Crippen LogP contribution in [0.2, 0.25) is 0 Å². The van der Waals surface area contributed by atoms with Crippen molar-refractivity contribution in [3.63, 3.8) is 0 Å². The van der Waals surface area contributed by atoms with Crippen LogP contribution in [0.25, 0.3) is 10.9 Å². The molecular formula is C19H24N2O2. The molecule has 4 heteroatoms. The van der Waals surface area contributed by atoms with Gasteiger partial charge in [-0.25, -0.2) is 0 Å². The Labute approximate surface area is 137 Å². The van der Waals surface area contributed by atoms with Crippen molar-refractivity contribution in [3.8, 4) is 0 Å². The topological polar surface area (TPSA) is 59.1 Å². The summed E-state index contributed by atoms with van der Waals surface area (Å²) in [5.74, 6) is -0.816. The highest BCUT2D eigenvalue weighted by Gasteiger charge is 2.12. The molecule has 0 saturated carbocycles. The Morgan fingerprint density at radius 3 is 2.70 bits per heavy atom. The van der Waals surface area contributed by atoms with Gasteiger partial charge < -0.3 is 5.32 Å². The van der Waals surface area contributed by atoms with Crippen LogP contribution in [0, 0.1) is 0 Å². The summed E-state index contributed by atoms with van der Waals surface area (Å²) in [4.78, 5) is 27.9. The van der Waals surface area contributed by atoms with Crippen LogP contribution in [-0.4, -0.2) is 16.7 Å². The van der Waals surface area contributed by atoms with E-state index in [0.717, 1.165) is 35.7 Å². The summed E-state index contributed by atoms with van der Waals surface area (Å²) in [5, 5.41) is 3.72. The molecule has 2 aromatic rings. The molecule has 1 amide bonds. The van der Waals surface area contributed by atoms with E-state index in [2.05, 4.69) is 17.2 Å². The van der Waals surface area contributed by atoms with Gasteiger partial charge in [0.25, 0.3) is 5.91 Å². The van der Waals surface area contributed by atoms with Gasteiger partial charge >= 0.3 is 0 Å². The van der Waals surface area contributed by atoms with Gasteiger partial charge in [0, 0.05) is 24.5 Å². The number of carbonyl (C=O) groups excluding carboxylic acids is 2. The second kappa shape index (κ2) is 9.03. The molecule has 0 radical (unpaired) electrons. The number of amides is 1. The fourth-order valence-corrected chi connectivity index (χ4v) is 2.50. The lowest BCUT2D eigenvalue weighted by Gasteiger charge is -2.06. The van der Waals surface area contributed by atoms with E-state index in [1.165, 1.54) is 12.8 Å². The normalized spacial score (nSPS) is 10.7. The number of ketones is 1. The molecule has 0 saturated heterocycles. The van der Waals surface area contributed by atoms with Gasteiger partial charge in [-0.3, -0.25) is 14.6 Å². The van der Waals surface area contributed by atoms with Gasteiger partial charge in [-0.05, 0) is 24.1 Å². The number of rotatable bonds is 9. The van der Waals surface area contributed by atoms with Crippen LogP contribution >= 0.6 is 0 Å². The largest absolute Gasteiger partial charge is 0.345 e. The SMILES string of the molecule is CCCCCCCC(=O)C(=O)NCc1cnc2ccccc2c1. The quantitative estimate of drug-likeness (QED) is 0.566. The van der Waals surface area contributed by atoms with Gasteiger partial charge in [0.2, 0.25) is 5.78 Å². The molecular weight excluding hydrogens is 288 g/mol. The molecule has 0 spiro atoms. The summed E-state index contributed by atoms with van der Waals surface area (Å²) in [5.41, 5.74) is 1.82. The maximum atomic E-state index is 11.8. The monoisotopic (exact) mass is 312 g/mol. The zero-order valence-electron chi connectivity index (χ0n) is 13.7. The minimum absolute atomic E-state index is 0.324. The highest BCUT2D eigenvalue weighted by atomic mass is 16.2. The molecule has 0 atom stereocenters. The van der Waals surface area contributed by atoms with Gasteiger partial charge in [0.1, 0.15) is 0 Å². The number of unbranched alkanes of at least 4 members (excludes halogenated alkanes) is 4. The van der Waals surface area contributed by atoms with E-state index in [9.17, 15) is 9.59 Å². The molecule has 1 aromatic heterocycles. The first kappa shape index (κ1) is 17.1. The Balaban J connectivity index is 1.77. The standard InChI is InChI=1S/C19H24N2O2/c1-2-3-4-5-6-11-18(22)19(23)21-14-15-12-16-9-7-8-10-17(16)20-13-15/h7-10,12-13H,2-6,11,14H2,1H3,(H,21,23). The summed E-state index contributed by atoms with van der Waals surface area (Å²) in [6, 6.07) is 9.80. The third kappa shape index (κ3) is 5.47. The average Bonchev–Trinajstić information content (AvgIpc) is 2.59. The van der Waals surface area contributed by atoms with Crippen molar-refractivity contribution >= 4 is 22.6 Å². The molecule has 4 nitrogen and oxygen atoms in total. The van der Waals surface area contributed by atoms with Crippen molar-refractivity contribution in [1.82, 2.24) is 10.3 Å². The molecule has 2 rings (SSSR count). The molecule has 0 bridgehead atoms. The maximum Gasteiger partial charge on any atom is 0.287 e. The van der Waals surface area contributed by atoms with Crippen LogP contribution in [0.15, 0.2) is 36.5 Å². The Morgan fingerprint density at radius 2 is 1.87 bits per heavy atom. The van der Waals surface area contributed by atoms with E-state index < -0.39 is 5.91 Å². The van der Waals surface area contributed by atoms with E-state index in [1.807, 2.05) is 30.3 Å². The van der Waals surface area contributed by atoms with Crippen molar-refractivity contribution < 1.29 is 9.59 Å². The third-order valence-corrected chi connectivity index (χ3v) is 3.86. The minimum Gasteiger partial charge on any atom is -0.345 e. The summed E-state index contributed by atoms with van der Waals surface area (Å²) < 4.78 is 0. The Morgan fingerprint density at radius 1 is 1.09 bits per heavy atom. The first-order valence-electron chi connectivity index (χ1n) is 8.35. The van der Waals surface area contributed by atoms with Crippen LogP contribution in [0.1, 0.15) is 51.0 Å². The van der Waals surface area contributed by atoms with E-state index in [0.29, 0.717) is 13.0 Å². The molecule has 0 aliphatic carbocycles. The smallest absolute Gasteiger partial charge is 0.287 e. The second-order valence-corrected chi connectivity index (χ2v) is 5.81. The summed E-state index contributed by atoms with van der Waals surface area (Å²) >= 11 is 0. The first-order chi connectivity index (χ1) is 11.2. The maximum absolute atomic E-state index is 11.8. The van der Waals surface area contributed by atoms with Gasteiger partial charge in [-0.1, -0.05) is 50.8 Å². The molecule has 23 heavy (non-hydrogen) atoms. The molecule has 0 fully saturated rings. The Kier molecular flexibility index (Phi) is 6.73. The summed E-state index contributed by atoms with van der Waals surface area (Å²) in [7, 11) is 0. The number of nitrogens with zero attached hydrogens (tertiary/aromatic N) is 1. The third-order valence-electron chi connectivity index (χ3n) is 3.86. The van der Waals surface area contributed by atoms with Crippen LogP contribution in [0.3, 0.4) is 0 Å². The number of carbonyl (C=O) groups is 2. The van der Waals surface area contributed by atoms with Crippen molar-refractivity contribution in [2.75, 3.05) is 0 Å². The van der Waals surface area contributed by atoms with E-state index in [4.69, 9.17) is 0 Å². The summed E-state index contributed by atoms with van der Waals surface area (Å²) in [6.07, 6.45) is 7.38. The number of hydrogen-bond donors (Lipinski definition) is 1. The molecule has 0 aliphatic rings. The lowest BCUT2D eigenvalue weighted by molar-refractivity contribution is -0.138. The van der Waals surface area contributed by atoms with Gasteiger partial charge in [-0.2, -0.15) is 0 Å². The number of pyridine rings is 1. The van der Waals surface area contributed by atoms with E-state index >= 15 is 0 Å². The highest BCUT2D eigenvalue weighted by molar-refractivity contribution is 6.36. The van der Waals surface area contributed by atoms with Gasteiger partial charge in [-0.15, -0.1) is 0 Å². The number of nitrogens with one attached hydrogen (secondary N) is 1. The molecule has 122 valence electrons. The van der Waals surface area contributed by atoms with Gasteiger partial charge in [0.05, 0.1) is 5.52 Å². The van der Waals surface area contributed by atoms with Gasteiger partial charge in [0.15, 0.2) is 0 Å². The number of para-hydroxylation sites is 1. The number of Topliss-reactive ketones (excluding diaryl/α,β-unsaturated/α-hetero) is 1. The number of aromatic nitrogens is 1. The predicted octanol–water partition coefficient (Wildman–Crippen LogP) is 3.78. The number of benzene rings is 1. The number of hydrogen-bond acceptors (Lipinski definition) is 3. The van der Waals surface area contributed by atoms with Crippen molar-refractivity contribution in [2.45, 2.75) is 52.0 Å². The Bertz CT molecular complexity index is 667. The Hall–Kier alpha value is -2.23.